The fourth-order valence-corrected chi connectivity index (χ4v) is 1.44. The molecule has 0 aromatic rings. The smallest absolute Gasteiger partial charge is 0.0862 e. The molecule has 4 heteroatoms. The largest absolute Gasteiger partial charge is 0.245 e. The second-order valence-electron chi connectivity index (χ2n) is 1.41. The van der Waals surface area contributed by atoms with E-state index in [-0.39, 0.29) is 12.4 Å². The summed E-state index contributed by atoms with van der Waals surface area (Å²) in [6.07, 6.45) is 1.99. The number of rotatable bonds is 0. The van der Waals surface area contributed by atoms with Crippen molar-refractivity contribution >= 4 is 36.0 Å². The lowest BCUT2D eigenvalue weighted by Crippen LogP contribution is -2.01. The van der Waals surface area contributed by atoms with Gasteiger partial charge in [0.05, 0.1) is 4.36 Å². The molecule has 0 aliphatic carbocycles. The van der Waals surface area contributed by atoms with Crippen LogP contribution in [0.3, 0.4) is 0 Å². The third-order valence-corrected chi connectivity index (χ3v) is 1.92. The van der Waals surface area contributed by atoms with Gasteiger partial charge < -0.3 is 0 Å². The Hall–Kier alpha value is 0.630. The molecule has 0 fully saturated rings. The van der Waals surface area contributed by atoms with Gasteiger partial charge in [-0.2, -0.15) is 0 Å². The van der Waals surface area contributed by atoms with Crippen molar-refractivity contribution in [3.63, 3.8) is 0 Å². The average Bonchev–Trinajstić information content (AvgIpc) is 1.87. The molecule has 1 aliphatic heterocycles. The topological polar surface area (TPSA) is 3.24 Å². The van der Waals surface area contributed by atoms with Crippen molar-refractivity contribution in [3.05, 3.63) is 10.4 Å². The van der Waals surface area contributed by atoms with Gasteiger partial charge in [0.15, 0.2) is 0 Å². The highest BCUT2D eigenvalue weighted by Gasteiger charge is 2.06. The molecule has 0 saturated carbocycles. The van der Waals surface area contributed by atoms with E-state index in [0.717, 1.165) is 10.9 Å². The normalized spacial score (nSPS) is 20.0. The number of halogens is 2. The third-order valence-electron chi connectivity index (χ3n) is 0.752. The number of likely N-dealkylation sites (N-methyl/N-ethyl adjacent to an activating group) is 1. The Morgan fingerprint density at radius 3 is 2.62 bits per heavy atom. The summed E-state index contributed by atoms with van der Waals surface area (Å²) in [4.78, 5) is 0. The van der Waals surface area contributed by atoms with Crippen LogP contribution in [0.4, 0.5) is 0 Å². The SMILES string of the molecule is CN1CC=C(Cl)S1.Cl. The minimum Gasteiger partial charge on any atom is -0.245 e. The minimum atomic E-state index is 0. The predicted molar refractivity (Wildman–Crippen MR) is 41.4 cm³/mol. The Bertz CT molecular complexity index is 104. The van der Waals surface area contributed by atoms with Gasteiger partial charge in [0, 0.05) is 6.54 Å². The van der Waals surface area contributed by atoms with E-state index < -0.39 is 0 Å². The van der Waals surface area contributed by atoms with E-state index in [1.54, 1.807) is 11.9 Å². The van der Waals surface area contributed by atoms with Crippen LogP contribution in [0, 0.1) is 0 Å². The van der Waals surface area contributed by atoms with Crippen molar-refractivity contribution in [1.82, 2.24) is 4.31 Å². The molecule has 1 rings (SSSR count). The molecule has 0 amide bonds. The molecule has 0 spiro atoms. The van der Waals surface area contributed by atoms with E-state index >= 15 is 0 Å². The van der Waals surface area contributed by atoms with E-state index in [9.17, 15) is 0 Å². The monoisotopic (exact) mass is 171 g/mol. The van der Waals surface area contributed by atoms with Gasteiger partial charge in [0.1, 0.15) is 0 Å². The zero-order chi connectivity index (χ0) is 5.28. The molecule has 1 nitrogen and oxygen atoms in total. The Balaban J connectivity index is 0.000000490. The molecular weight excluding hydrogens is 165 g/mol. The highest BCUT2D eigenvalue weighted by molar-refractivity contribution is 8.02. The van der Waals surface area contributed by atoms with Gasteiger partial charge in [-0.25, -0.2) is 4.31 Å². The molecule has 1 aliphatic rings. The quantitative estimate of drug-likeness (QED) is 0.514. The summed E-state index contributed by atoms with van der Waals surface area (Å²) in [5.41, 5.74) is 0. The molecule has 0 unspecified atom stereocenters. The zero-order valence-corrected chi connectivity index (χ0v) is 6.82. The summed E-state index contributed by atoms with van der Waals surface area (Å²) in [6.45, 7) is 0.976. The molecule has 48 valence electrons. The second kappa shape index (κ2) is 3.62. The zero-order valence-electron chi connectivity index (χ0n) is 4.43. The van der Waals surface area contributed by atoms with Crippen LogP contribution in [0.5, 0.6) is 0 Å². The average molecular weight is 172 g/mol. The van der Waals surface area contributed by atoms with E-state index in [1.807, 2.05) is 13.1 Å². The second-order valence-corrected chi connectivity index (χ2v) is 3.29. The van der Waals surface area contributed by atoms with Crippen LogP contribution in [-0.4, -0.2) is 17.9 Å². The molecule has 0 N–H and O–H groups in total. The number of nitrogens with zero attached hydrogens (tertiary/aromatic N) is 1. The maximum absolute atomic E-state index is 5.59. The highest BCUT2D eigenvalue weighted by Crippen LogP contribution is 2.27. The van der Waals surface area contributed by atoms with Crippen LogP contribution in [-0.2, 0) is 0 Å². The number of hydrogen-bond donors (Lipinski definition) is 0. The molecule has 8 heavy (non-hydrogen) atoms. The molecule has 0 aromatic heterocycles. The van der Waals surface area contributed by atoms with Crippen LogP contribution in [0.25, 0.3) is 0 Å². The fraction of sp³-hybridized carbons (Fsp3) is 0.500. The van der Waals surface area contributed by atoms with Crippen LogP contribution in [0.2, 0.25) is 0 Å². The van der Waals surface area contributed by atoms with E-state index in [1.165, 1.54) is 0 Å². The van der Waals surface area contributed by atoms with E-state index in [2.05, 4.69) is 4.31 Å². The van der Waals surface area contributed by atoms with Crippen molar-refractivity contribution < 1.29 is 0 Å². The lowest BCUT2D eigenvalue weighted by Gasteiger charge is -2.00. The van der Waals surface area contributed by atoms with Gasteiger partial charge in [-0.1, -0.05) is 11.6 Å². The van der Waals surface area contributed by atoms with Crippen LogP contribution in [0.15, 0.2) is 10.4 Å². The molecule has 0 radical (unpaired) electrons. The highest BCUT2D eigenvalue weighted by atomic mass is 35.5. The van der Waals surface area contributed by atoms with E-state index in [4.69, 9.17) is 11.6 Å². The first-order chi connectivity index (χ1) is 3.29. The van der Waals surface area contributed by atoms with E-state index in [0.29, 0.717) is 0 Å². The maximum Gasteiger partial charge on any atom is 0.0862 e. The summed E-state index contributed by atoms with van der Waals surface area (Å²) in [6, 6.07) is 0. The Labute approximate surface area is 64.6 Å². The van der Waals surface area contributed by atoms with Crippen molar-refractivity contribution in [2.24, 2.45) is 0 Å². The molecule has 0 aromatic carbocycles. The lowest BCUT2D eigenvalue weighted by atomic mass is 10.6. The van der Waals surface area contributed by atoms with Gasteiger partial charge in [0.25, 0.3) is 0 Å². The van der Waals surface area contributed by atoms with Crippen molar-refractivity contribution in [2.75, 3.05) is 13.6 Å². The van der Waals surface area contributed by atoms with Gasteiger partial charge in [-0.3, -0.25) is 0 Å². The first kappa shape index (κ1) is 8.63. The third kappa shape index (κ3) is 2.27. The van der Waals surface area contributed by atoms with Gasteiger partial charge in [-0.15, -0.1) is 12.4 Å². The Morgan fingerprint density at radius 1 is 1.88 bits per heavy atom. The van der Waals surface area contributed by atoms with Crippen molar-refractivity contribution in [1.29, 1.82) is 0 Å². The first-order valence-corrected chi connectivity index (χ1v) is 3.19. The molecule has 0 bridgehead atoms. The molecule has 0 saturated heterocycles. The summed E-state index contributed by atoms with van der Waals surface area (Å²) in [5.74, 6) is 0. The predicted octanol–water partition coefficient (Wildman–Crippen LogP) is 2.08. The van der Waals surface area contributed by atoms with Crippen LogP contribution < -0.4 is 0 Å². The Morgan fingerprint density at radius 2 is 2.50 bits per heavy atom. The first-order valence-electron chi connectivity index (χ1n) is 2.04. The molecular formula is C4H7Cl2NS. The standard InChI is InChI=1S/C4H6ClNS.ClH/c1-6-3-2-4(5)7-6;/h2H,3H2,1H3;1H. The van der Waals surface area contributed by atoms with Crippen molar-refractivity contribution in [2.45, 2.75) is 0 Å². The van der Waals surface area contributed by atoms with Crippen LogP contribution >= 0.6 is 36.0 Å². The summed E-state index contributed by atoms with van der Waals surface area (Å²) >= 11 is 7.17. The summed E-state index contributed by atoms with van der Waals surface area (Å²) in [5, 5.41) is 0. The molecule has 0 atom stereocenters. The van der Waals surface area contributed by atoms with Crippen molar-refractivity contribution in [3.8, 4) is 0 Å². The van der Waals surface area contributed by atoms with Gasteiger partial charge >= 0.3 is 0 Å². The minimum absolute atomic E-state index is 0. The van der Waals surface area contributed by atoms with Gasteiger partial charge in [0.2, 0.25) is 0 Å². The summed E-state index contributed by atoms with van der Waals surface area (Å²) < 4.78 is 2.96. The molecule has 1 heterocycles. The summed E-state index contributed by atoms with van der Waals surface area (Å²) in [7, 11) is 2.01. The number of hydrogen-bond acceptors (Lipinski definition) is 2. The Kier molecular flexibility index (Phi) is 3.90. The maximum atomic E-state index is 5.59. The fourth-order valence-electron chi connectivity index (χ4n) is 0.424. The van der Waals surface area contributed by atoms with Gasteiger partial charge in [-0.05, 0) is 25.1 Å². The van der Waals surface area contributed by atoms with Crippen LogP contribution in [0.1, 0.15) is 0 Å². The lowest BCUT2D eigenvalue weighted by molar-refractivity contribution is 0.650.